The monoisotopic (exact) mass is 399 g/mol. The summed E-state index contributed by atoms with van der Waals surface area (Å²) in [7, 11) is 1.68. The van der Waals surface area contributed by atoms with Crippen molar-refractivity contribution in [2.24, 2.45) is 0 Å². The maximum absolute atomic E-state index is 13.0. The maximum Gasteiger partial charge on any atom is 0.237 e. The lowest BCUT2D eigenvalue weighted by Crippen LogP contribution is -2.48. The van der Waals surface area contributed by atoms with E-state index >= 15 is 0 Å². The average molecular weight is 400 g/mol. The third-order valence-electron chi connectivity index (χ3n) is 7.07. The van der Waals surface area contributed by atoms with Gasteiger partial charge in [0, 0.05) is 38.3 Å². The van der Waals surface area contributed by atoms with E-state index in [-0.39, 0.29) is 11.9 Å². The smallest absolute Gasteiger partial charge is 0.237 e. The number of carbonyl (C=O) groups excluding carboxylic acids is 1. The van der Waals surface area contributed by atoms with E-state index in [4.69, 9.17) is 4.74 Å². The third-order valence-corrected chi connectivity index (χ3v) is 7.07. The molecule has 160 valence electrons. The minimum Gasteiger partial charge on any atom is -0.383 e. The Hall–Kier alpha value is -1.43. The number of ether oxygens (including phenoxy) is 1. The molecule has 1 aromatic carbocycles. The van der Waals surface area contributed by atoms with Crippen LogP contribution in [0.3, 0.4) is 0 Å². The quantitative estimate of drug-likeness (QED) is 0.547. The van der Waals surface area contributed by atoms with Crippen molar-refractivity contribution in [2.45, 2.75) is 82.0 Å². The summed E-state index contributed by atoms with van der Waals surface area (Å²) in [6, 6.07) is 10.2. The highest BCUT2D eigenvalue weighted by atomic mass is 16.5. The van der Waals surface area contributed by atoms with Crippen LogP contribution < -0.4 is 10.6 Å². The number of nitrogens with zero attached hydrogens (tertiary/aromatic N) is 1. The second-order valence-corrected chi connectivity index (χ2v) is 9.11. The van der Waals surface area contributed by atoms with Crippen molar-refractivity contribution in [3.8, 4) is 0 Å². The van der Waals surface area contributed by atoms with Gasteiger partial charge >= 0.3 is 0 Å². The van der Waals surface area contributed by atoms with Crippen molar-refractivity contribution < 1.29 is 9.53 Å². The van der Waals surface area contributed by atoms with Gasteiger partial charge in [-0.25, -0.2) is 0 Å². The van der Waals surface area contributed by atoms with Gasteiger partial charge in [-0.3, -0.25) is 9.69 Å². The van der Waals surface area contributed by atoms with Crippen LogP contribution in [0.1, 0.15) is 56.1 Å². The Balaban J connectivity index is 1.42. The molecule has 0 radical (unpaired) electrons. The van der Waals surface area contributed by atoms with Crippen LogP contribution in [0, 0.1) is 0 Å². The van der Waals surface area contributed by atoms with Gasteiger partial charge in [0.2, 0.25) is 5.91 Å². The molecule has 0 bridgehead atoms. The first-order valence-corrected chi connectivity index (χ1v) is 11.6. The minimum atomic E-state index is -0.0329. The van der Waals surface area contributed by atoms with Gasteiger partial charge in [-0.15, -0.1) is 0 Å². The van der Waals surface area contributed by atoms with Crippen molar-refractivity contribution in [1.29, 1.82) is 0 Å². The van der Waals surface area contributed by atoms with E-state index in [2.05, 4.69) is 39.8 Å². The summed E-state index contributed by atoms with van der Waals surface area (Å²) in [5.74, 6) is 0.170. The molecular formula is C24H37N3O2. The van der Waals surface area contributed by atoms with Gasteiger partial charge < -0.3 is 15.4 Å². The zero-order valence-electron chi connectivity index (χ0n) is 17.9. The Bertz CT molecular complexity index is 647. The van der Waals surface area contributed by atoms with Gasteiger partial charge in [0.15, 0.2) is 0 Å². The first kappa shape index (κ1) is 20.8. The van der Waals surface area contributed by atoms with E-state index < -0.39 is 0 Å². The fourth-order valence-corrected chi connectivity index (χ4v) is 5.59. The fraction of sp³-hybridized carbons (Fsp3) is 0.708. The van der Waals surface area contributed by atoms with Crippen molar-refractivity contribution in [1.82, 2.24) is 15.5 Å². The normalized spacial score (nSPS) is 26.4. The van der Waals surface area contributed by atoms with Gasteiger partial charge in [-0.05, 0) is 43.2 Å². The molecule has 2 N–H and O–H groups in total. The highest BCUT2D eigenvalue weighted by Crippen LogP contribution is 2.31. The number of hydrogen-bond donors (Lipinski definition) is 2. The lowest BCUT2D eigenvalue weighted by Gasteiger charge is -2.29. The van der Waals surface area contributed by atoms with Gasteiger partial charge in [0.1, 0.15) is 0 Å². The molecule has 4 rings (SSSR count). The van der Waals surface area contributed by atoms with Crippen LogP contribution in [0.15, 0.2) is 24.3 Å². The first-order chi connectivity index (χ1) is 14.2. The molecule has 2 atom stereocenters. The highest BCUT2D eigenvalue weighted by molar-refractivity contribution is 5.82. The van der Waals surface area contributed by atoms with Crippen LogP contribution >= 0.6 is 0 Å². The summed E-state index contributed by atoms with van der Waals surface area (Å²) in [5, 5.41) is 7.04. The summed E-state index contributed by atoms with van der Waals surface area (Å²) < 4.78 is 5.12. The van der Waals surface area contributed by atoms with Gasteiger partial charge in [-0.2, -0.15) is 0 Å². The van der Waals surface area contributed by atoms with Crippen LogP contribution in [-0.2, 0) is 22.4 Å². The highest BCUT2D eigenvalue weighted by Gasteiger charge is 2.42. The van der Waals surface area contributed by atoms with E-state index in [1.807, 2.05) is 0 Å². The molecule has 0 unspecified atom stereocenters. The van der Waals surface area contributed by atoms with Gasteiger partial charge in [0.25, 0.3) is 0 Å². The van der Waals surface area contributed by atoms with Crippen molar-refractivity contribution in [2.75, 3.05) is 26.8 Å². The van der Waals surface area contributed by atoms with E-state index in [0.29, 0.717) is 31.3 Å². The summed E-state index contributed by atoms with van der Waals surface area (Å²) in [5.41, 5.74) is 2.91. The summed E-state index contributed by atoms with van der Waals surface area (Å²) >= 11 is 0. The molecule has 1 saturated carbocycles. The van der Waals surface area contributed by atoms with Crippen LogP contribution in [0.2, 0.25) is 0 Å². The number of benzene rings is 1. The Labute approximate surface area is 175 Å². The zero-order valence-corrected chi connectivity index (χ0v) is 17.9. The van der Waals surface area contributed by atoms with Crippen LogP contribution in [-0.4, -0.2) is 61.8 Å². The van der Waals surface area contributed by atoms with Gasteiger partial charge in [-0.1, -0.05) is 49.9 Å². The second-order valence-electron chi connectivity index (χ2n) is 9.11. The number of fused-ring (bicyclic) bond motifs is 1. The summed E-state index contributed by atoms with van der Waals surface area (Å²) in [6.45, 7) is 2.14. The molecule has 29 heavy (non-hydrogen) atoms. The number of methoxy groups -OCH3 is 1. The lowest BCUT2D eigenvalue weighted by molar-refractivity contribution is -0.126. The molecule has 1 heterocycles. The lowest BCUT2D eigenvalue weighted by atomic mass is 10.1. The Kier molecular flexibility index (Phi) is 7.22. The molecule has 1 saturated heterocycles. The Morgan fingerprint density at radius 3 is 2.41 bits per heavy atom. The predicted octanol–water partition coefficient (Wildman–Crippen LogP) is 2.67. The number of nitrogens with one attached hydrogen (secondary N) is 2. The number of hydrogen-bond acceptors (Lipinski definition) is 4. The molecule has 2 fully saturated rings. The Morgan fingerprint density at radius 2 is 1.76 bits per heavy atom. The molecule has 5 nitrogen and oxygen atoms in total. The second kappa shape index (κ2) is 10.1. The Morgan fingerprint density at radius 1 is 1.07 bits per heavy atom. The van der Waals surface area contributed by atoms with E-state index in [9.17, 15) is 4.79 Å². The van der Waals surface area contributed by atoms with E-state index in [1.54, 1.807) is 7.11 Å². The number of amides is 1. The molecular weight excluding hydrogens is 362 g/mol. The number of carbonyl (C=O) groups is 1. The fourth-order valence-electron chi connectivity index (χ4n) is 5.59. The molecule has 0 aromatic heterocycles. The molecule has 3 aliphatic rings. The number of rotatable bonds is 7. The van der Waals surface area contributed by atoms with E-state index in [0.717, 1.165) is 25.8 Å². The molecule has 2 aliphatic carbocycles. The van der Waals surface area contributed by atoms with Gasteiger partial charge in [0.05, 0.1) is 12.6 Å². The maximum atomic E-state index is 13.0. The molecule has 5 heteroatoms. The average Bonchev–Trinajstić information content (AvgIpc) is 3.25. The third kappa shape index (κ3) is 5.19. The minimum absolute atomic E-state index is 0.0329. The largest absolute Gasteiger partial charge is 0.383 e. The SMILES string of the molecule is COCCNC(=O)[C@@H]1C[C@H](NC2CCCCCC2)CN1C1Cc2ccccc2C1. The molecule has 1 aliphatic heterocycles. The standard InChI is InChI=1S/C24H37N3O2/c1-29-13-12-25-24(28)23-16-21(26-20-10-4-2-3-5-11-20)17-27(23)22-14-18-8-6-7-9-19(18)15-22/h6-9,20-23,26H,2-5,10-17H2,1H3,(H,25,28)/t21-,23-/m0/s1. The number of likely N-dealkylation sites (tertiary alicyclic amines) is 1. The summed E-state index contributed by atoms with van der Waals surface area (Å²) in [4.78, 5) is 15.5. The predicted molar refractivity (Wildman–Crippen MR) is 116 cm³/mol. The van der Waals surface area contributed by atoms with Crippen LogP contribution in [0.25, 0.3) is 0 Å². The van der Waals surface area contributed by atoms with E-state index in [1.165, 1.54) is 49.7 Å². The van der Waals surface area contributed by atoms with Crippen LogP contribution in [0.4, 0.5) is 0 Å². The summed E-state index contributed by atoms with van der Waals surface area (Å²) in [6.07, 6.45) is 11.1. The zero-order chi connectivity index (χ0) is 20.1. The van der Waals surface area contributed by atoms with Crippen LogP contribution in [0.5, 0.6) is 0 Å². The van der Waals surface area contributed by atoms with Crippen molar-refractivity contribution in [3.05, 3.63) is 35.4 Å². The molecule has 1 aromatic rings. The van der Waals surface area contributed by atoms with Crippen molar-refractivity contribution >= 4 is 5.91 Å². The topological polar surface area (TPSA) is 53.6 Å². The molecule has 0 spiro atoms. The first-order valence-electron chi connectivity index (χ1n) is 11.6. The molecule has 1 amide bonds. The van der Waals surface area contributed by atoms with Crippen molar-refractivity contribution in [3.63, 3.8) is 0 Å².